The van der Waals surface area contributed by atoms with Gasteiger partial charge in [0.2, 0.25) is 11.8 Å². The summed E-state index contributed by atoms with van der Waals surface area (Å²) in [6, 6.07) is 11.0. The number of hydrogen-bond acceptors (Lipinski definition) is 3. The van der Waals surface area contributed by atoms with Crippen LogP contribution in [-0.2, 0) is 9.59 Å². The molecule has 2 aromatic carbocycles. The molecule has 136 valence electrons. The Balaban J connectivity index is 1.65. The summed E-state index contributed by atoms with van der Waals surface area (Å²) in [4.78, 5) is 26.0. The highest BCUT2D eigenvalue weighted by Crippen LogP contribution is 2.27. The summed E-state index contributed by atoms with van der Waals surface area (Å²) in [6.07, 6.45) is 1.48. The zero-order valence-corrected chi connectivity index (χ0v) is 14.9. The lowest BCUT2D eigenvalue weighted by Crippen LogP contribution is -2.32. The van der Waals surface area contributed by atoms with Crippen molar-refractivity contribution in [3.8, 4) is 0 Å². The molecular weight excluding hydrogens is 333 g/mol. The minimum absolute atomic E-state index is 0.150. The lowest BCUT2D eigenvalue weighted by atomic mass is 10.1. The van der Waals surface area contributed by atoms with Crippen LogP contribution in [0.25, 0.3) is 0 Å². The highest BCUT2D eigenvalue weighted by atomic mass is 19.1. The van der Waals surface area contributed by atoms with Crippen LogP contribution in [0.5, 0.6) is 0 Å². The quantitative estimate of drug-likeness (QED) is 0.860. The van der Waals surface area contributed by atoms with Crippen LogP contribution in [0.2, 0.25) is 0 Å². The summed E-state index contributed by atoms with van der Waals surface area (Å²) >= 11 is 0. The van der Waals surface area contributed by atoms with Crippen LogP contribution in [0.1, 0.15) is 25.3 Å². The van der Waals surface area contributed by atoms with E-state index in [-0.39, 0.29) is 11.8 Å². The molecule has 1 aliphatic rings. The lowest BCUT2D eigenvalue weighted by molar-refractivity contribution is -0.117. The first-order chi connectivity index (χ1) is 12.4. The van der Waals surface area contributed by atoms with Crippen molar-refractivity contribution in [3.63, 3.8) is 0 Å². The van der Waals surface area contributed by atoms with E-state index in [1.165, 1.54) is 12.1 Å². The normalized spacial score (nSPS) is 15.0. The summed E-state index contributed by atoms with van der Waals surface area (Å²) in [5.74, 6) is -0.505. The first kappa shape index (κ1) is 17.9. The first-order valence-electron chi connectivity index (χ1n) is 8.68. The molecule has 1 atom stereocenters. The van der Waals surface area contributed by atoms with Gasteiger partial charge in [-0.15, -0.1) is 0 Å². The molecule has 1 fully saturated rings. The van der Waals surface area contributed by atoms with Crippen LogP contribution in [-0.4, -0.2) is 24.4 Å². The molecule has 2 N–H and O–H groups in total. The maximum Gasteiger partial charge on any atom is 0.246 e. The van der Waals surface area contributed by atoms with Gasteiger partial charge in [-0.1, -0.05) is 6.07 Å². The van der Waals surface area contributed by atoms with E-state index in [1.807, 2.05) is 25.1 Å². The Morgan fingerprint density at radius 1 is 1.19 bits per heavy atom. The molecule has 0 bridgehead atoms. The van der Waals surface area contributed by atoms with E-state index in [0.29, 0.717) is 12.1 Å². The molecule has 2 amide bonds. The maximum absolute atomic E-state index is 13.2. The third-order valence-corrected chi connectivity index (χ3v) is 4.43. The van der Waals surface area contributed by atoms with Gasteiger partial charge in [-0.25, -0.2) is 4.39 Å². The van der Waals surface area contributed by atoms with Crippen LogP contribution < -0.4 is 15.5 Å². The van der Waals surface area contributed by atoms with Gasteiger partial charge in [-0.2, -0.15) is 0 Å². The largest absolute Gasteiger partial charge is 0.374 e. The molecule has 0 radical (unpaired) electrons. The van der Waals surface area contributed by atoms with Crippen molar-refractivity contribution in [2.24, 2.45) is 0 Å². The molecular formula is C20H22FN3O2. The Hall–Kier alpha value is -2.89. The minimum Gasteiger partial charge on any atom is -0.374 e. The first-order valence-corrected chi connectivity index (χ1v) is 8.68. The van der Waals surface area contributed by atoms with Crippen molar-refractivity contribution < 1.29 is 14.0 Å². The molecule has 1 aliphatic heterocycles. The molecule has 1 saturated heterocycles. The molecule has 0 saturated carbocycles. The Labute approximate surface area is 152 Å². The number of halogens is 1. The number of carbonyl (C=O) groups excluding carboxylic acids is 2. The topological polar surface area (TPSA) is 61.4 Å². The van der Waals surface area contributed by atoms with E-state index in [0.717, 1.165) is 29.9 Å². The fraction of sp³-hybridized carbons (Fsp3) is 0.300. The number of amides is 2. The second kappa shape index (κ2) is 7.56. The molecule has 3 rings (SSSR count). The van der Waals surface area contributed by atoms with Crippen LogP contribution in [0.3, 0.4) is 0 Å². The Morgan fingerprint density at radius 2 is 2.00 bits per heavy atom. The number of rotatable bonds is 5. The van der Waals surface area contributed by atoms with E-state index < -0.39 is 11.9 Å². The Morgan fingerprint density at radius 3 is 2.65 bits per heavy atom. The number of nitrogens with zero attached hydrogens (tertiary/aromatic N) is 1. The minimum atomic E-state index is -0.503. The van der Waals surface area contributed by atoms with Gasteiger partial charge in [0, 0.05) is 30.0 Å². The smallest absolute Gasteiger partial charge is 0.246 e. The summed E-state index contributed by atoms with van der Waals surface area (Å²) < 4.78 is 13.2. The number of benzene rings is 2. The van der Waals surface area contributed by atoms with Crippen molar-refractivity contribution in [2.75, 3.05) is 22.1 Å². The van der Waals surface area contributed by atoms with Gasteiger partial charge in [0.25, 0.3) is 0 Å². The van der Waals surface area contributed by atoms with Crippen LogP contribution in [0.15, 0.2) is 42.5 Å². The third-order valence-electron chi connectivity index (χ3n) is 4.43. The van der Waals surface area contributed by atoms with Crippen molar-refractivity contribution in [1.29, 1.82) is 0 Å². The predicted molar refractivity (Wildman–Crippen MR) is 101 cm³/mol. The highest BCUT2D eigenvalue weighted by Gasteiger charge is 2.23. The summed E-state index contributed by atoms with van der Waals surface area (Å²) in [5, 5.41) is 5.82. The van der Waals surface area contributed by atoms with Crippen molar-refractivity contribution >= 4 is 28.9 Å². The van der Waals surface area contributed by atoms with E-state index in [9.17, 15) is 14.0 Å². The van der Waals surface area contributed by atoms with Gasteiger partial charge in [0.05, 0.1) is 0 Å². The number of hydrogen-bond donors (Lipinski definition) is 2. The van der Waals surface area contributed by atoms with Crippen molar-refractivity contribution in [1.82, 2.24) is 0 Å². The molecule has 6 heteroatoms. The molecule has 0 spiro atoms. The number of nitrogens with one attached hydrogen (secondary N) is 2. The molecule has 0 aliphatic carbocycles. The standard InChI is InChI=1S/C20H22FN3O2/c1-13-11-17(8-9-18(13)24-10-4-7-19(24)25)22-14(2)20(26)23-16-6-3-5-15(21)12-16/h3,5-6,8-9,11-12,14,22H,4,7,10H2,1-2H3,(H,23,26). The van der Waals surface area contributed by atoms with Gasteiger partial charge >= 0.3 is 0 Å². The molecule has 2 aromatic rings. The van der Waals surface area contributed by atoms with E-state index in [2.05, 4.69) is 10.6 Å². The highest BCUT2D eigenvalue weighted by molar-refractivity contribution is 5.97. The second-order valence-corrected chi connectivity index (χ2v) is 6.52. The van der Waals surface area contributed by atoms with Crippen LogP contribution in [0.4, 0.5) is 21.5 Å². The number of aryl methyl sites for hydroxylation is 1. The van der Waals surface area contributed by atoms with Crippen molar-refractivity contribution in [3.05, 3.63) is 53.8 Å². The Kier molecular flexibility index (Phi) is 5.21. The lowest BCUT2D eigenvalue weighted by Gasteiger charge is -2.20. The second-order valence-electron chi connectivity index (χ2n) is 6.52. The number of carbonyl (C=O) groups is 2. The average molecular weight is 355 g/mol. The molecule has 1 heterocycles. The van der Waals surface area contributed by atoms with E-state index >= 15 is 0 Å². The summed E-state index contributed by atoms with van der Waals surface area (Å²) in [6.45, 7) is 4.43. The molecule has 26 heavy (non-hydrogen) atoms. The van der Waals surface area contributed by atoms with Crippen LogP contribution in [0, 0.1) is 12.7 Å². The zero-order valence-electron chi connectivity index (χ0n) is 14.9. The molecule has 5 nitrogen and oxygen atoms in total. The summed E-state index contributed by atoms with van der Waals surface area (Å²) in [7, 11) is 0. The fourth-order valence-corrected chi connectivity index (χ4v) is 3.08. The Bertz CT molecular complexity index is 838. The predicted octanol–water partition coefficient (Wildman–Crippen LogP) is 3.70. The van der Waals surface area contributed by atoms with Gasteiger partial charge in [0.15, 0.2) is 0 Å². The van der Waals surface area contributed by atoms with E-state index in [4.69, 9.17) is 0 Å². The number of anilines is 3. The molecule has 0 aromatic heterocycles. The van der Waals surface area contributed by atoms with Gasteiger partial charge in [-0.05, 0) is 62.2 Å². The third kappa shape index (κ3) is 4.02. The van der Waals surface area contributed by atoms with Crippen LogP contribution >= 0.6 is 0 Å². The zero-order chi connectivity index (χ0) is 18.7. The fourth-order valence-electron chi connectivity index (χ4n) is 3.08. The van der Waals surface area contributed by atoms with E-state index in [1.54, 1.807) is 24.0 Å². The van der Waals surface area contributed by atoms with Gasteiger partial charge in [-0.3, -0.25) is 9.59 Å². The maximum atomic E-state index is 13.2. The van der Waals surface area contributed by atoms with Gasteiger partial charge in [0.1, 0.15) is 11.9 Å². The monoisotopic (exact) mass is 355 g/mol. The average Bonchev–Trinajstić information content (AvgIpc) is 3.01. The molecule has 1 unspecified atom stereocenters. The van der Waals surface area contributed by atoms with Crippen molar-refractivity contribution in [2.45, 2.75) is 32.7 Å². The van der Waals surface area contributed by atoms with Gasteiger partial charge < -0.3 is 15.5 Å². The SMILES string of the molecule is Cc1cc(NC(C)C(=O)Nc2cccc(F)c2)ccc1N1CCCC1=O. The summed E-state index contributed by atoms with van der Waals surface area (Å²) in [5.41, 5.74) is 3.10.